The number of carbonyl (C=O) groups excluding carboxylic acids is 2. The number of amides is 1. The number of hydrogen-bond donors (Lipinski definition) is 1. The first-order valence-corrected chi connectivity index (χ1v) is 9.58. The van der Waals surface area contributed by atoms with Gasteiger partial charge in [-0.1, -0.05) is 37.3 Å². The average molecular weight is 342 g/mol. The van der Waals surface area contributed by atoms with Crippen LogP contribution in [0, 0.1) is 17.3 Å². The lowest BCUT2D eigenvalue weighted by atomic mass is 10.00. The molecule has 1 aliphatic heterocycles. The lowest BCUT2D eigenvalue weighted by Gasteiger charge is -2.18. The van der Waals surface area contributed by atoms with Gasteiger partial charge < -0.3 is 10.2 Å². The zero-order valence-electron chi connectivity index (χ0n) is 15.5. The van der Waals surface area contributed by atoms with Crippen molar-refractivity contribution in [2.45, 2.75) is 39.5 Å². The number of ketones is 1. The van der Waals surface area contributed by atoms with Gasteiger partial charge in [-0.15, -0.1) is 0 Å². The van der Waals surface area contributed by atoms with Crippen LogP contribution in [0.3, 0.4) is 0 Å². The van der Waals surface area contributed by atoms with E-state index in [9.17, 15) is 9.59 Å². The predicted octanol–water partition coefficient (Wildman–Crippen LogP) is 2.67. The van der Waals surface area contributed by atoms with Crippen LogP contribution in [0.5, 0.6) is 0 Å². The summed E-state index contributed by atoms with van der Waals surface area (Å²) in [6.45, 7) is 6.28. The summed E-state index contributed by atoms with van der Waals surface area (Å²) >= 11 is 0. The summed E-state index contributed by atoms with van der Waals surface area (Å²) in [4.78, 5) is 24.9. The Kier molecular flexibility index (Phi) is 5.57. The molecular weight excluding hydrogens is 312 g/mol. The number of rotatable bonds is 6. The molecule has 1 heterocycles. The standard InChI is InChI=1S/C11H18N2O2.C10H12/c1-3-12-5-10(15)11-4-9(11)6-13(7-11)8(2)14;1-2-4-9(5-3-1)8-10-6-7-10/h9,12H,3-7H2,1-2H3;1-5,10H,6-8H2. The second-order valence-corrected chi connectivity index (χ2v) is 7.79. The summed E-state index contributed by atoms with van der Waals surface area (Å²) in [6, 6.07) is 10.8. The van der Waals surface area contributed by atoms with Crippen molar-refractivity contribution in [1.29, 1.82) is 0 Å². The third-order valence-electron chi connectivity index (χ3n) is 5.75. The first-order valence-electron chi connectivity index (χ1n) is 9.58. The first-order chi connectivity index (χ1) is 12.0. The van der Waals surface area contributed by atoms with E-state index in [-0.39, 0.29) is 17.1 Å². The molecule has 0 aromatic heterocycles. The van der Waals surface area contributed by atoms with E-state index in [1.54, 1.807) is 11.8 Å². The van der Waals surface area contributed by atoms with E-state index in [2.05, 4.69) is 35.6 Å². The normalized spacial score (nSPS) is 26.5. The van der Waals surface area contributed by atoms with Gasteiger partial charge in [-0.3, -0.25) is 9.59 Å². The number of nitrogens with zero attached hydrogens (tertiary/aromatic N) is 1. The smallest absolute Gasteiger partial charge is 0.219 e. The summed E-state index contributed by atoms with van der Waals surface area (Å²) in [5, 5.41) is 3.07. The van der Waals surface area contributed by atoms with Crippen LogP contribution in [0.25, 0.3) is 0 Å². The lowest BCUT2D eigenvalue weighted by Crippen LogP contribution is -2.35. The Hall–Kier alpha value is -1.68. The SMILES string of the molecule is CCNCC(=O)C12CC1CN(C(C)=O)C2.c1ccc(CC2CC2)cc1. The number of Topliss-reactive ketones (excluding diaryl/α,β-unsaturated/α-hetero) is 1. The maximum atomic E-state index is 11.9. The van der Waals surface area contributed by atoms with E-state index in [1.807, 2.05) is 6.92 Å². The van der Waals surface area contributed by atoms with E-state index in [4.69, 9.17) is 0 Å². The lowest BCUT2D eigenvalue weighted by molar-refractivity contribution is -0.129. The minimum Gasteiger partial charge on any atom is -0.342 e. The van der Waals surface area contributed by atoms with Gasteiger partial charge in [-0.25, -0.2) is 0 Å². The molecule has 4 nitrogen and oxygen atoms in total. The van der Waals surface area contributed by atoms with E-state index in [1.165, 1.54) is 24.8 Å². The van der Waals surface area contributed by atoms with Crippen LogP contribution < -0.4 is 5.32 Å². The van der Waals surface area contributed by atoms with E-state index >= 15 is 0 Å². The molecule has 1 aromatic rings. The molecule has 136 valence electrons. The van der Waals surface area contributed by atoms with Crippen LogP contribution in [-0.2, 0) is 16.0 Å². The van der Waals surface area contributed by atoms with Gasteiger partial charge in [0.05, 0.1) is 12.0 Å². The molecule has 3 fully saturated rings. The molecule has 2 saturated carbocycles. The van der Waals surface area contributed by atoms with Crippen LogP contribution in [-0.4, -0.2) is 42.8 Å². The molecular formula is C21H30N2O2. The monoisotopic (exact) mass is 342 g/mol. The van der Waals surface area contributed by atoms with Crippen molar-refractivity contribution in [2.24, 2.45) is 17.3 Å². The molecule has 2 unspecified atom stereocenters. The summed E-state index contributed by atoms with van der Waals surface area (Å²) in [5.41, 5.74) is 1.33. The van der Waals surface area contributed by atoms with Gasteiger partial charge in [0.1, 0.15) is 0 Å². The van der Waals surface area contributed by atoms with Gasteiger partial charge in [-0.05, 0) is 49.6 Å². The van der Waals surface area contributed by atoms with E-state index in [0.717, 1.165) is 25.4 Å². The summed E-state index contributed by atoms with van der Waals surface area (Å²) in [5.74, 6) is 1.84. The van der Waals surface area contributed by atoms with Crippen molar-refractivity contribution < 1.29 is 9.59 Å². The molecule has 1 N–H and O–H groups in total. The van der Waals surface area contributed by atoms with Crippen molar-refractivity contribution >= 4 is 11.7 Å². The number of nitrogens with one attached hydrogen (secondary N) is 1. The highest BCUT2D eigenvalue weighted by molar-refractivity contribution is 5.91. The molecule has 0 radical (unpaired) electrons. The molecule has 2 atom stereocenters. The second kappa shape index (κ2) is 7.69. The Bertz CT molecular complexity index is 612. The van der Waals surface area contributed by atoms with Gasteiger partial charge in [-0.2, -0.15) is 0 Å². The largest absolute Gasteiger partial charge is 0.342 e. The molecule has 4 heteroatoms. The third-order valence-corrected chi connectivity index (χ3v) is 5.75. The minimum atomic E-state index is -0.173. The maximum absolute atomic E-state index is 11.9. The van der Waals surface area contributed by atoms with Crippen LogP contribution in [0.4, 0.5) is 0 Å². The number of likely N-dealkylation sites (tertiary alicyclic amines) is 1. The number of likely N-dealkylation sites (N-methyl/N-ethyl adjacent to an activating group) is 1. The molecule has 1 aromatic carbocycles. The second-order valence-electron chi connectivity index (χ2n) is 7.79. The molecule has 3 aliphatic rings. The van der Waals surface area contributed by atoms with Gasteiger partial charge in [0.25, 0.3) is 0 Å². The van der Waals surface area contributed by atoms with Crippen LogP contribution in [0.1, 0.15) is 38.7 Å². The van der Waals surface area contributed by atoms with Crippen molar-refractivity contribution in [2.75, 3.05) is 26.2 Å². The van der Waals surface area contributed by atoms with Crippen LogP contribution in [0.2, 0.25) is 0 Å². The highest BCUT2D eigenvalue weighted by Crippen LogP contribution is 2.58. The van der Waals surface area contributed by atoms with Crippen LogP contribution in [0.15, 0.2) is 30.3 Å². The Morgan fingerprint density at radius 1 is 1.24 bits per heavy atom. The molecule has 25 heavy (non-hydrogen) atoms. The maximum Gasteiger partial charge on any atom is 0.219 e. The molecule has 0 bridgehead atoms. The topological polar surface area (TPSA) is 49.4 Å². The van der Waals surface area contributed by atoms with Crippen molar-refractivity contribution in [3.8, 4) is 0 Å². The van der Waals surface area contributed by atoms with Gasteiger partial charge in [0, 0.05) is 20.0 Å². The number of benzene rings is 1. The zero-order valence-corrected chi connectivity index (χ0v) is 15.5. The number of carbonyl (C=O) groups is 2. The number of hydrogen-bond acceptors (Lipinski definition) is 3. The van der Waals surface area contributed by atoms with Crippen LogP contribution >= 0.6 is 0 Å². The Labute approximate surface area is 151 Å². The Morgan fingerprint density at radius 3 is 2.52 bits per heavy atom. The number of fused-ring (bicyclic) bond motifs is 1. The fourth-order valence-corrected chi connectivity index (χ4v) is 3.84. The molecule has 1 saturated heterocycles. The van der Waals surface area contributed by atoms with Gasteiger partial charge >= 0.3 is 0 Å². The molecule has 2 aliphatic carbocycles. The molecule has 0 spiro atoms. The Balaban J connectivity index is 0.000000157. The van der Waals surface area contributed by atoms with Crippen molar-refractivity contribution in [3.63, 3.8) is 0 Å². The third kappa shape index (κ3) is 4.49. The minimum absolute atomic E-state index is 0.0952. The summed E-state index contributed by atoms with van der Waals surface area (Å²) < 4.78 is 0. The van der Waals surface area contributed by atoms with Gasteiger partial charge in [0.2, 0.25) is 5.91 Å². The fraction of sp³-hybridized carbons (Fsp3) is 0.619. The summed E-state index contributed by atoms with van der Waals surface area (Å²) in [6.07, 6.45) is 5.20. The highest BCUT2D eigenvalue weighted by atomic mass is 16.2. The average Bonchev–Trinajstić information content (AvgIpc) is 3.53. The quantitative estimate of drug-likeness (QED) is 0.865. The highest BCUT2D eigenvalue weighted by Gasteiger charge is 2.64. The summed E-state index contributed by atoms with van der Waals surface area (Å²) in [7, 11) is 0. The van der Waals surface area contributed by atoms with E-state index < -0.39 is 0 Å². The zero-order chi connectivity index (χ0) is 17.9. The number of piperidine rings is 1. The van der Waals surface area contributed by atoms with Crippen molar-refractivity contribution in [1.82, 2.24) is 10.2 Å². The fourth-order valence-electron chi connectivity index (χ4n) is 3.84. The predicted molar refractivity (Wildman–Crippen MR) is 99.2 cm³/mol. The Morgan fingerprint density at radius 2 is 1.96 bits per heavy atom. The van der Waals surface area contributed by atoms with Gasteiger partial charge in [0.15, 0.2) is 5.78 Å². The molecule has 4 rings (SSSR count). The molecule has 1 amide bonds. The van der Waals surface area contributed by atoms with Crippen molar-refractivity contribution in [3.05, 3.63) is 35.9 Å². The van der Waals surface area contributed by atoms with E-state index in [0.29, 0.717) is 19.0 Å². The first kappa shape index (κ1) is 18.1.